The minimum absolute atomic E-state index is 0.411. The smallest absolute Gasteiger partial charge is 0.0937 e. The predicted octanol–water partition coefficient (Wildman–Crippen LogP) is 4.34. The zero-order chi connectivity index (χ0) is 10.2. The fourth-order valence-corrected chi connectivity index (χ4v) is 3.06. The maximum absolute atomic E-state index is 5.18. The third-order valence-electron chi connectivity index (χ3n) is 3.48. The van der Waals surface area contributed by atoms with Gasteiger partial charge in [-0.2, -0.15) is 0 Å². The molecule has 1 aromatic rings. The summed E-state index contributed by atoms with van der Waals surface area (Å²) in [7, 11) is 0. The van der Waals surface area contributed by atoms with Crippen LogP contribution in [-0.2, 0) is 0 Å². The molecule has 1 aliphatic rings. The van der Waals surface area contributed by atoms with E-state index in [1.54, 1.807) is 6.26 Å². The van der Waals surface area contributed by atoms with Crippen molar-refractivity contribution in [2.24, 2.45) is 5.41 Å². The molecule has 2 heteroatoms. The lowest BCUT2D eigenvalue weighted by Crippen LogP contribution is -2.30. The molecule has 1 saturated carbocycles. The van der Waals surface area contributed by atoms with Crippen molar-refractivity contribution in [3.8, 4) is 0 Å². The third-order valence-corrected chi connectivity index (χ3v) is 4.31. The fraction of sp³-hybridized carbons (Fsp3) is 0.667. The van der Waals surface area contributed by atoms with Crippen molar-refractivity contribution in [3.63, 3.8) is 0 Å². The third kappa shape index (κ3) is 1.90. The van der Waals surface area contributed by atoms with Gasteiger partial charge in [0.2, 0.25) is 0 Å². The van der Waals surface area contributed by atoms with Gasteiger partial charge in [-0.15, -0.1) is 0 Å². The fourth-order valence-electron chi connectivity index (χ4n) is 2.46. The molecule has 1 aromatic heterocycles. The first-order valence-electron chi connectivity index (χ1n) is 5.26. The van der Waals surface area contributed by atoms with Gasteiger partial charge in [0.05, 0.1) is 12.5 Å². The van der Waals surface area contributed by atoms with Crippen LogP contribution in [0, 0.1) is 5.41 Å². The Hall–Kier alpha value is -0.240. The molecule has 0 radical (unpaired) electrons. The molecule has 0 aromatic carbocycles. The first-order valence-corrected chi connectivity index (χ1v) is 6.17. The molecule has 2 unspecified atom stereocenters. The van der Waals surface area contributed by atoms with Crippen molar-refractivity contribution in [1.82, 2.24) is 0 Å². The van der Waals surface area contributed by atoms with Gasteiger partial charge in [0.1, 0.15) is 0 Å². The van der Waals surface area contributed by atoms with E-state index < -0.39 is 0 Å². The number of alkyl halides is 1. The summed E-state index contributed by atoms with van der Waals surface area (Å²) >= 11 is 3.74. The van der Waals surface area contributed by atoms with Gasteiger partial charge in [-0.1, -0.05) is 29.8 Å². The minimum atomic E-state index is 0.411. The lowest BCUT2D eigenvalue weighted by molar-refractivity contribution is 0.205. The molecule has 78 valence electrons. The summed E-state index contributed by atoms with van der Waals surface area (Å²) in [6, 6.07) is 2.11. The van der Waals surface area contributed by atoms with Crippen LogP contribution in [0.5, 0.6) is 0 Å². The van der Waals surface area contributed by atoms with Gasteiger partial charge in [0.25, 0.3) is 0 Å². The van der Waals surface area contributed by atoms with Gasteiger partial charge in [-0.05, 0) is 42.2 Å². The van der Waals surface area contributed by atoms with Crippen LogP contribution in [0.15, 0.2) is 23.0 Å². The molecule has 14 heavy (non-hydrogen) atoms. The van der Waals surface area contributed by atoms with E-state index >= 15 is 0 Å². The average molecular weight is 257 g/mol. The van der Waals surface area contributed by atoms with E-state index in [1.807, 2.05) is 6.26 Å². The van der Waals surface area contributed by atoms with Crippen molar-refractivity contribution in [2.45, 2.75) is 43.9 Å². The maximum Gasteiger partial charge on any atom is 0.0937 e. The van der Waals surface area contributed by atoms with Crippen LogP contribution in [0.2, 0.25) is 0 Å². The Balaban J connectivity index is 2.22. The zero-order valence-electron chi connectivity index (χ0n) is 8.79. The molecular weight excluding hydrogens is 240 g/mol. The van der Waals surface area contributed by atoms with Gasteiger partial charge in [0, 0.05) is 4.83 Å². The molecule has 0 bridgehead atoms. The Morgan fingerprint density at radius 1 is 1.50 bits per heavy atom. The van der Waals surface area contributed by atoms with Crippen molar-refractivity contribution in [3.05, 3.63) is 24.2 Å². The summed E-state index contributed by atoms with van der Waals surface area (Å²) in [4.78, 5) is 0.676. The van der Waals surface area contributed by atoms with E-state index in [9.17, 15) is 0 Å². The van der Waals surface area contributed by atoms with Gasteiger partial charge in [-0.3, -0.25) is 0 Å². The van der Waals surface area contributed by atoms with Crippen LogP contribution in [0.4, 0.5) is 0 Å². The summed E-state index contributed by atoms with van der Waals surface area (Å²) in [5.74, 6) is 0.638. The lowest BCUT2D eigenvalue weighted by atomic mass is 9.67. The highest BCUT2D eigenvalue weighted by Gasteiger charge is 2.36. The Bertz CT molecular complexity index is 289. The van der Waals surface area contributed by atoms with Gasteiger partial charge < -0.3 is 4.42 Å². The molecule has 2 rings (SSSR count). The van der Waals surface area contributed by atoms with E-state index in [4.69, 9.17) is 4.42 Å². The lowest BCUT2D eigenvalue weighted by Gasteiger charge is -2.40. The number of rotatable bonds is 1. The molecular formula is C12H17BrO. The second-order valence-electron chi connectivity index (χ2n) is 4.97. The maximum atomic E-state index is 5.18. The minimum Gasteiger partial charge on any atom is -0.472 e. The van der Waals surface area contributed by atoms with Crippen LogP contribution in [0.1, 0.15) is 44.6 Å². The number of halogens is 1. The molecule has 0 amide bonds. The average Bonchev–Trinajstić information content (AvgIpc) is 2.62. The second kappa shape index (κ2) is 3.73. The van der Waals surface area contributed by atoms with Gasteiger partial charge in [0.15, 0.2) is 0 Å². The summed E-state index contributed by atoms with van der Waals surface area (Å²) in [6.07, 6.45) is 7.49. The summed E-state index contributed by atoms with van der Waals surface area (Å²) in [6.45, 7) is 4.73. The molecule has 1 aliphatic carbocycles. The molecule has 1 fully saturated rings. The van der Waals surface area contributed by atoms with Gasteiger partial charge >= 0.3 is 0 Å². The van der Waals surface area contributed by atoms with Crippen LogP contribution < -0.4 is 0 Å². The molecule has 1 nitrogen and oxygen atoms in total. The van der Waals surface area contributed by atoms with Crippen LogP contribution in [-0.4, -0.2) is 4.83 Å². The Morgan fingerprint density at radius 3 is 2.93 bits per heavy atom. The van der Waals surface area contributed by atoms with Crippen molar-refractivity contribution in [2.75, 3.05) is 0 Å². The number of hydrogen-bond donors (Lipinski definition) is 0. The zero-order valence-corrected chi connectivity index (χ0v) is 10.4. The Kier molecular flexibility index (Phi) is 2.74. The second-order valence-corrected chi connectivity index (χ2v) is 6.26. The van der Waals surface area contributed by atoms with Crippen molar-refractivity contribution in [1.29, 1.82) is 0 Å². The predicted molar refractivity (Wildman–Crippen MR) is 61.8 cm³/mol. The van der Waals surface area contributed by atoms with Crippen LogP contribution in [0.25, 0.3) is 0 Å². The van der Waals surface area contributed by atoms with E-state index in [1.165, 1.54) is 24.8 Å². The topological polar surface area (TPSA) is 13.1 Å². The summed E-state index contributed by atoms with van der Waals surface area (Å²) in [5, 5.41) is 0. The van der Waals surface area contributed by atoms with Crippen molar-refractivity contribution >= 4 is 15.9 Å². The molecule has 2 atom stereocenters. The SMILES string of the molecule is CC1(C)CCC(Br)CC1c1ccoc1. The Labute approximate surface area is 94.0 Å². The number of furan rings is 1. The van der Waals surface area contributed by atoms with Gasteiger partial charge in [-0.25, -0.2) is 0 Å². The quantitative estimate of drug-likeness (QED) is 0.682. The standard InChI is InChI=1S/C12H17BrO/c1-12(2)5-3-10(13)7-11(12)9-4-6-14-8-9/h4,6,8,10-11H,3,5,7H2,1-2H3. The first-order chi connectivity index (χ1) is 6.59. The highest BCUT2D eigenvalue weighted by Crippen LogP contribution is 2.48. The van der Waals surface area contributed by atoms with Crippen LogP contribution >= 0.6 is 15.9 Å². The van der Waals surface area contributed by atoms with E-state index in [0.29, 0.717) is 16.2 Å². The molecule has 0 spiro atoms. The Morgan fingerprint density at radius 2 is 2.29 bits per heavy atom. The van der Waals surface area contributed by atoms with E-state index in [2.05, 4.69) is 35.8 Å². The summed E-state index contributed by atoms with van der Waals surface area (Å²) < 4.78 is 5.18. The monoisotopic (exact) mass is 256 g/mol. The summed E-state index contributed by atoms with van der Waals surface area (Å²) in [5.41, 5.74) is 1.77. The highest BCUT2D eigenvalue weighted by molar-refractivity contribution is 9.09. The molecule has 0 aliphatic heterocycles. The number of hydrogen-bond acceptors (Lipinski definition) is 1. The van der Waals surface area contributed by atoms with Crippen molar-refractivity contribution < 1.29 is 4.42 Å². The largest absolute Gasteiger partial charge is 0.472 e. The molecule has 0 saturated heterocycles. The highest BCUT2D eigenvalue weighted by atomic mass is 79.9. The molecule has 1 heterocycles. The molecule has 0 N–H and O–H groups in total. The van der Waals surface area contributed by atoms with E-state index in [-0.39, 0.29) is 0 Å². The van der Waals surface area contributed by atoms with E-state index in [0.717, 1.165) is 0 Å². The first kappa shape index (κ1) is 10.3. The normalized spacial score (nSPS) is 31.6. The van der Waals surface area contributed by atoms with Crippen LogP contribution in [0.3, 0.4) is 0 Å².